The summed E-state index contributed by atoms with van der Waals surface area (Å²) in [5, 5.41) is 9.60. The van der Waals surface area contributed by atoms with Gasteiger partial charge in [0.2, 0.25) is 17.8 Å². The summed E-state index contributed by atoms with van der Waals surface area (Å²) in [5.41, 5.74) is 12.8. The number of rotatable bonds is 5. The van der Waals surface area contributed by atoms with Crippen molar-refractivity contribution < 1.29 is 14.6 Å². The number of aliphatic hydroxyl groups excluding tert-OH is 1. The fourth-order valence-corrected chi connectivity index (χ4v) is 5.39. The zero-order valence-corrected chi connectivity index (χ0v) is 22.4. The molecule has 13 heteroatoms. The van der Waals surface area contributed by atoms with Gasteiger partial charge in [-0.2, -0.15) is 4.98 Å². The molecule has 5 N–H and O–H groups in total. The summed E-state index contributed by atoms with van der Waals surface area (Å²) in [6.45, 7) is 9.21. The molecule has 2 aromatic heterocycles. The molecule has 5 rings (SSSR count). The molecule has 5 heterocycles. The molecule has 12 nitrogen and oxygen atoms in total. The van der Waals surface area contributed by atoms with Crippen LogP contribution in [0.3, 0.4) is 0 Å². The first-order chi connectivity index (χ1) is 17.1. The Bertz CT molecular complexity index is 1150. The summed E-state index contributed by atoms with van der Waals surface area (Å²) in [6, 6.07) is 0.137. The Labute approximate surface area is 222 Å². The van der Waals surface area contributed by atoms with Crippen LogP contribution in [0.4, 0.5) is 17.7 Å². The highest BCUT2D eigenvalue weighted by Gasteiger charge is 2.47. The number of ether oxygens (including phenoxy) is 1. The van der Waals surface area contributed by atoms with Crippen molar-refractivity contribution in [1.82, 2.24) is 24.8 Å². The number of carbonyl (C=O) groups excluding carboxylic acids is 1. The number of hydrogen-bond donors (Lipinski definition) is 3. The fourth-order valence-electron chi connectivity index (χ4n) is 5.39. The highest BCUT2D eigenvalue weighted by atomic mass is 35.5. The van der Waals surface area contributed by atoms with Crippen LogP contribution in [0, 0.1) is 0 Å². The van der Waals surface area contributed by atoms with E-state index in [0.717, 1.165) is 42.0 Å². The molecule has 0 aliphatic carbocycles. The molecule has 3 atom stereocenters. The van der Waals surface area contributed by atoms with Crippen molar-refractivity contribution >= 4 is 36.0 Å². The van der Waals surface area contributed by atoms with Crippen molar-refractivity contribution in [3.05, 3.63) is 18.0 Å². The zero-order valence-electron chi connectivity index (χ0n) is 21.6. The number of nitrogens with two attached hydrogens (primary N) is 2. The minimum absolute atomic E-state index is 0. The number of aliphatic hydroxyl groups is 1. The van der Waals surface area contributed by atoms with Crippen LogP contribution >= 0.6 is 12.4 Å². The normalized spacial score (nSPS) is 25.0. The van der Waals surface area contributed by atoms with Gasteiger partial charge in [-0.15, -0.1) is 12.4 Å². The van der Waals surface area contributed by atoms with Crippen molar-refractivity contribution in [2.45, 2.75) is 50.7 Å². The summed E-state index contributed by atoms with van der Waals surface area (Å²) in [5.74, 6) is 1.50. The Kier molecular flexibility index (Phi) is 7.48. The molecule has 0 aromatic carbocycles. The van der Waals surface area contributed by atoms with E-state index in [9.17, 15) is 9.90 Å². The van der Waals surface area contributed by atoms with Gasteiger partial charge in [-0.05, 0) is 33.6 Å². The lowest BCUT2D eigenvalue weighted by molar-refractivity contribution is -0.136. The van der Waals surface area contributed by atoms with Crippen LogP contribution in [-0.4, -0.2) is 99.0 Å². The first kappa shape index (κ1) is 27.2. The molecule has 0 unspecified atom stereocenters. The van der Waals surface area contributed by atoms with Crippen LogP contribution in [0.2, 0.25) is 0 Å². The van der Waals surface area contributed by atoms with Gasteiger partial charge in [-0.3, -0.25) is 4.79 Å². The lowest BCUT2D eigenvalue weighted by Gasteiger charge is -2.38. The first-order valence-electron chi connectivity index (χ1n) is 12.4. The van der Waals surface area contributed by atoms with E-state index in [4.69, 9.17) is 26.2 Å². The number of fused-ring (bicyclic) bond motifs is 1. The Balaban J connectivity index is 0.00000320. The van der Waals surface area contributed by atoms with Crippen LogP contribution < -0.4 is 21.3 Å². The van der Waals surface area contributed by atoms with Gasteiger partial charge in [0.15, 0.2) is 0 Å². The van der Waals surface area contributed by atoms with Gasteiger partial charge in [-0.25, -0.2) is 15.0 Å². The van der Waals surface area contributed by atoms with Crippen molar-refractivity contribution in [3.8, 4) is 11.3 Å². The molecule has 1 amide bonds. The molecule has 202 valence electrons. The molecule has 0 spiro atoms. The number of anilines is 3. The minimum atomic E-state index is -1.29. The summed E-state index contributed by atoms with van der Waals surface area (Å²) in [6.07, 6.45) is 4.94. The molecule has 3 aliphatic rings. The molecular formula is C24H36ClN9O3. The summed E-state index contributed by atoms with van der Waals surface area (Å²) >= 11 is 0. The van der Waals surface area contributed by atoms with Gasteiger partial charge in [0.1, 0.15) is 11.4 Å². The summed E-state index contributed by atoms with van der Waals surface area (Å²) < 4.78 is 5.64. The molecule has 0 radical (unpaired) electrons. The van der Waals surface area contributed by atoms with Crippen LogP contribution in [0.1, 0.15) is 32.8 Å². The van der Waals surface area contributed by atoms with Gasteiger partial charge < -0.3 is 36.0 Å². The second kappa shape index (κ2) is 10.2. The second-order valence-corrected chi connectivity index (χ2v) is 10.6. The second-order valence-electron chi connectivity index (χ2n) is 10.6. The van der Waals surface area contributed by atoms with E-state index in [1.54, 1.807) is 24.2 Å². The van der Waals surface area contributed by atoms with Crippen molar-refractivity contribution in [3.63, 3.8) is 0 Å². The van der Waals surface area contributed by atoms with E-state index in [1.165, 1.54) is 0 Å². The SMILES string of the molecule is C[C@H]1COCCN1c1nc(-c2cnc(N)nc2)c2c(n1)N([C@@]1(C)CCN(C(=O)[C@@](C)(N)CO)C1)CC2.Cl. The maximum atomic E-state index is 13.0. The Morgan fingerprint density at radius 2 is 2.00 bits per heavy atom. The van der Waals surface area contributed by atoms with Crippen molar-refractivity contribution in [2.75, 3.05) is 61.5 Å². The number of amides is 1. The number of aromatic nitrogens is 4. The summed E-state index contributed by atoms with van der Waals surface area (Å²) in [4.78, 5) is 37.7. The third kappa shape index (κ3) is 4.90. The standard InChI is InChI=1S/C24H35N9O3.ClH/c1-15-12-36-9-8-32(15)22-29-18(16-10-27-21(25)28-11-16)17-4-6-33(19(17)30-22)23(2)5-7-31(13-23)20(35)24(3,26)14-34;/h10-11,15,34H,4-9,12-14,26H2,1-3H3,(H2,25,27,28);1H/t15-,23-,24-;/m0./s1. The van der Waals surface area contributed by atoms with E-state index in [1.807, 2.05) is 0 Å². The average molecular weight is 534 g/mol. The van der Waals surface area contributed by atoms with E-state index < -0.39 is 12.1 Å². The van der Waals surface area contributed by atoms with E-state index in [-0.39, 0.29) is 35.8 Å². The molecular weight excluding hydrogens is 498 g/mol. The molecule has 2 saturated heterocycles. The van der Waals surface area contributed by atoms with Gasteiger partial charge in [0.25, 0.3) is 0 Å². The fraction of sp³-hybridized carbons (Fsp3) is 0.625. The van der Waals surface area contributed by atoms with Crippen molar-refractivity contribution in [2.24, 2.45) is 5.73 Å². The van der Waals surface area contributed by atoms with Gasteiger partial charge in [0, 0.05) is 49.7 Å². The van der Waals surface area contributed by atoms with Crippen LogP contribution in [0.15, 0.2) is 12.4 Å². The zero-order chi connectivity index (χ0) is 25.7. The lowest BCUT2D eigenvalue weighted by atomic mass is 9.99. The largest absolute Gasteiger partial charge is 0.394 e. The molecule has 0 saturated carbocycles. The Hall–Kier alpha value is -2.80. The molecule has 3 aliphatic heterocycles. The number of nitrogen functional groups attached to an aromatic ring is 1. The number of hydrogen-bond acceptors (Lipinski definition) is 11. The van der Waals surface area contributed by atoms with Gasteiger partial charge in [0.05, 0.1) is 37.1 Å². The number of morpholine rings is 1. The maximum Gasteiger partial charge on any atom is 0.244 e. The van der Waals surface area contributed by atoms with Crippen LogP contribution in [0.5, 0.6) is 0 Å². The highest BCUT2D eigenvalue weighted by Crippen LogP contribution is 2.41. The monoisotopic (exact) mass is 533 g/mol. The van der Waals surface area contributed by atoms with Gasteiger partial charge in [-0.1, -0.05) is 0 Å². The minimum Gasteiger partial charge on any atom is -0.394 e. The smallest absolute Gasteiger partial charge is 0.244 e. The van der Waals surface area contributed by atoms with E-state index in [0.29, 0.717) is 38.8 Å². The predicted molar refractivity (Wildman–Crippen MR) is 143 cm³/mol. The number of halogens is 1. The van der Waals surface area contributed by atoms with Crippen LogP contribution in [-0.2, 0) is 16.0 Å². The lowest BCUT2D eigenvalue weighted by Crippen LogP contribution is -2.57. The topological polar surface area (TPSA) is 160 Å². The average Bonchev–Trinajstić information content (AvgIpc) is 3.48. The Morgan fingerprint density at radius 3 is 2.68 bits per heavy atom. The van der Waals surface area contributed by atoms with Crippen molar-refractivity contribution in [1.29, 1.82) is 0 Å². The van der Waals surface area contributed by atoms with Crippen LogP contribution in [0.25, 0.3) is 11.3 Å². The summed E-state index contributed by atoms with van der Waals surface area (Å²) in [7, 11) is 0. The molecule has 2 fully saturated rings. The Morgan fingerprint density at radius 1 is 1.27 bits per heavy atom. The highest BCUT2D eigenvalue weighted by molar-refractivity contribution is 5.86. The van der Waals surface area contributed by atoms with E-state index in [2.05, 4.69) is 33.6 Å². The maximum absolute atomic E-state index is 13.0. The van der Waals surface area contributed by atoms with E-state index >= 15 is 0 Å². The first-order valence-corrected chi connectivity index (χ1v) is 12.4. The predicted octanol–water partition coefficient (Wildman–Crippen LogP) is 0.226. The molecule has 0 bridgehead atoms. The number of carbonyl (C=O) groups is 1. The molecule has 37 heavy (non-hydrogen) atoms. The van der Waals surface area contributed by atoms with Gasteiger partial charge >= 0.3 is 0 Å². The molecule has 2 aromatic rings. The number of nitrogens with zero attached hydrogens (tertiary/aromatic N) is 7. The number of likely N-dealkylation sites (tertiary alicyclic amines) is 1. The third-order valence-electron chi connectivity index (χ3n) is 7.59. The third-order valence-corrected chi connectivity index (χ3v) is 7.59. The quantitative estimate of drug-likeness (QED) is 0.482.